The van der Waals surface area contributed by atoms with Crippen molar-refractivity contribution in [3.05, 3.63) is 33.2 Å². The first kappa shape index (κ1) is 18.8. The highest BCUT2D eigenvalue weighted by Crippen LogP contribution is 2.24. The highest BCUT2D eigenvalue weighted by Gasteiger charge is 2.23. The number of nitrogens with one attached hydrogen (secondary N) is 1. The van der Waals surface area contributed by atoms with E-state index in [1.165, 1.54) is 0 Å². The number of amides is 1. The molecular weight excluding hydrogens is 376 g/mol. The van der Waals surface area contributed by atoms with Gasteiger partial charge < -0.3 is 14.4 Å². The molecule has 0 spiro atoms. The minimum Gasteiger partial charge on any atom is -0.361 e. The molecule has 148 valence electrons. The van der Waals surface area contributed by atoms with Gasteiger partial charge in [0.15, 0.2) is 5.82 Å². The van der Waals surface area contributed by atoms with Gasteiger partial charge in [0, 0.05) is 36.4 Å². The van der Waals surface area contributed by atoms with Gasteiger partial charge in [0.25, 0.3) is 0 Å². The maximum absolute atomic E-state index is 12.4. The Morgan fingerprint density at radius 1 is 1.32 bits per heavy atom. The first-order chi connectivity index (χ1) is 13.5. The van der Waals surface area contributed by atoms with E-state index in [9.17, 15) is 4.79 Å². The van der Waals surface area contributed by atoms with Crippen molar-refractivity contribution < 1.29 is 9.32 Å². The van der Waals surface area contributed by atoms with Crippen LogP contribution in [0, 0.1) is 20.8 Å². The SMILES string of the molecule is Cc1nc(-c2nnc3n2CCC(NC(=O)CCc2c(C)noc2C)CC3)cs1. The van der Waals surface area contributed by atoms with Gasteiger partial charge in [-0.05, 0) is 40.0 Å². The molecule has 0 aliphatic carbocycles. The molecule has 1 aliphatic rings. The van der Waals surface area contributed by atoms with Crippen LogP contribution in [0.4, 0.5) is 0 Å². The van der Waals surface area contributed by atoms with Crippen LogP contribution in [0.1, 0.15) is 47.1 Å². The standard InChI is InChI=1S/C19H24N6O2S/c1-11-15(12(2)27-24-11)5-7-18(26)21-14-4-6-17-22-23-19(25(17)9-8-14)16-10-28-13(3)20-16/h10,14H,4-9H2,1-3H3,(H,21,26). The summed E-state index contributed by atoms with van der Waals surface area (Å²) in [5.74, 6) is 2.65. The van der Waals surface area contributed by atoms with Gasteiger partial charge in [0.2, 0.25) is 5.91 Å². The average molecular weight is 401 g/mol. The molecule has 8 nitrogen and oxygen atoms in total. The van der Waals surface area contributed by atoms with Crippen LogP contribution in [-0.4, -0.2) is 36.9 Å². The van der Waals surface area contributed by atoms with Crippen molar-refractivity contribution in [1.82, 2.24) is 30.2 Å². The van der Waals surface area contributed by atoms with E-state index in [2.05, 4.69) is 30.2 Å². The molecule has 0 saturated carbocycles. The number of fused-ring (bicyclic) bond motifs is 1. The van der Waals surface area contributed by atoms with Crippen molar-refractivity contribution in [2.45, 2.75) is 65.5 Å². The van der Waals surface area contributed by atoms with Crippen LogP contribution < -0.4 is 5.32 Å². The Hall–Kier alpha value is -2.55. The van der Waals surface area contributed by atoms with Gasteiger partial charge in [-0.25, -0.2) is 4.98 Å². The van der Waals surface area contributed by atoms with Gasteiger partial charge in [-0.2, -0.15) is 0 Å². The molecule has 0 fully saturated rings. The van der Waals surface area contributed by atoms with Crippen LogP contribution in [0.25, 0.3) is 11.5 Å². The largest absolute Gasteiger partial charge is 0.361 e. The summed E-state index contributed by atoms with van der Waals surface area (Å²) in [6, 6.07) is 0.142. The Morgan fingerprint density at radius 2 is 2.18 bits per heavy atom. The fourth-order valence-electron chi connectivity index (χ4n) is 3.68. The second-order valence-corrected chi connectivity index (χ2v) is 8.30. The molecule has 0 bridgehead atoms. The lowest BCUT2D eigenvalue weighted by atomic mass is 10.1. The van der Waals surface area contributed by atoms with Crippen molar-refractivity contribution in [2.75, 3.05) is 0 Å². The Balaban J connectivity index is 1.35. The van der Waals surface area contributed by atoms with Gasteiger partial charge in [0.1, 0.15) is 17.3 Å². The average Bonchev–Trinajstić information content (AvgIpc) is 3.32. The maximum atomic E-state index is 12.4. The van der Waals surface area contributed by atoms with Crippen LogP contribution in [-0.2, 0) is 24.2 Å². The van der Waals surface area contributed by atoms with Gasteiger partial charge in [-0.3, -0.25) is 4.79 Å². The number of hydrogen-bond acceptors (Lipinski definition) is 7. The fraction of sp³-hybridized carbons (Fsp3) is 0.526. The van der Waals surface area contributed by atoms with Crippen LogP contribution >= 0.6 is 11.3 Å². The zero-order valence-electron chi connectivity index (χ0n) is 16.4. The molecule has 9 heteroatoms. The number of hydrogen-bond donors (Lipinski definition) is 1. The summed E-state index contributed by atoms with van der Waals surface area (Å²) in [5, 5.41) is 18.9. The molecule has 0 saturated heterocycles. The molecule has 1 unspecified atom stereocenters. The quantitative estimate of drug-likeness (QED) is 0.707. The Bertz CT molecular complexity index is 969. The van der Waals surface area contributed by atoms with E-state index in [0.29, 0.717) is 12.8 Å². The van der Waals surface area contributed by atoms with Gasteiger partial charge in [-0.1, -0.05) is 5.16 Å². The summed E-state index contributed by atoms with van der Waals surface area (Å²) in [6.45, 7) is 6.56. The van der Waals surface area contributed by atoms with Gasteiger partial charge in [-0.15, -0.1) is 21.5 Å². The number of rotatable bonds is 5. The number of aryl methyl sites for hydroxylation is 4. The summed E-state index contributed by atoms with van der Waals surface area (Å²) in [5.41, 5.74) is 2.77. The molecule has 3 aromatic heterocycles. The Kier molecular flexibility index (Phi) is 5.25. The zero-order valence-corrected chi connectivity index (χ0v) is 17.2. The lowest BCUT2D eigenvalue weighted by molar-refractivity contribution is -0.121. The summed E-state index contributed by atoms with van der Waals surface area (Å²) in [6.07, 6.45) is 3.61. The summed E-state index contributed by atoms with van der Waals surface area (Å²) < 4.78 is 7.31. The van der Waals surface area contributed by atoms with E-state index in [1.54, 1.807) is 11.3 Å². The van der Waals surface area contributed by atoms with Crippen molar-refractivity contribution in [3.63, 3.8) is 0 Å². The molecule has 4 rings (SSSR count). The lowest BCUT2D eigenvalue weighted by Crippen LogP contribution is -2.35. The van der Waals surface area contributed by atoms with E-state index in [1.807, 2.05) is 26.2 Å². The van der Waals surface area contributed by atoms with E-state index < -0.39 is 0 Å². The first-order valence-corrected chi connectivity index (χ1v) is 10.4. The number of thiazole rings is 1. The summed E-state index contributed by atoms with van der Waals surface area (Å²) in [7, 11) is 0. The van der Waals surface area contributed by atoms with E-state index in [-0.39, 0.29) is 11.9 Å². The van der Waals surface area contributed by atoms with Crippen LogP contribution in [0.5, 0.6) is 0 Å². The third kappa shape index (κ3) is 3.84. The Morgan fingerprint density at radius 3 is 2.89 bits per heavy atom. The van der Waals surface area contributed by atoms with Crippen LogP contribution in [0.15, 0.2) is 9.90 Å². The minimum absolute atomic E-state index is 0.0676. The van der Waals surface area contributed by atoms with Crippen molar-refractivity contribution >= 4 is 17.2 Å². The minimum atomic E-state index is 0.0676. The number of aromatic nitrogens is 5. The third-order valence-electron chi connectivity index (χ3n) is 5.24. The molecule has 28 heavy (non-hydrogen) atoms. The van der Waals surface area contributed by atoms with Gasteiger partial charge in [0.05, 0.1) is 10.7 Å². The van der Waals surface area contributed by atoms with Crippen LogP contribution in [0.3, 0.4) is 0 Å². The molecule has 1 amide bonds. The topological polar surface area (TPSA) is 98.7 Å². The number of carbonyl (C=O) groups excluding carboxylic acids is 1. The first-order valence-electron chi connectivity index (χ1n) is 9.57. The molecule has 1 atom stereocenters. The highest BCUT2D eigenvalue weighted by molar-refractivity contribution is 7.09. The molecule has 0 aromatic carbocycles. The van der Waals surface area contributed by atoms with E-state index in [4.69, 9.17) is 4.52 Å². The molecule has 3 aromatic rings. The lowest BCUT2D eigenvalue weighted by Gasteiger charge is -2.16. The number of nitrogens with zero attached hydrogens (tertiary/aromatic N) is 5. The monoisotopic (exact) mass is 400 g/mol. The van der Waals surface area contributed by atoms with E-state index >= 15 is 0 Å². The van der Waals surface area contributed by atoms with Crippen molar-refractivity contribution in [2.24, 2.45) is 0 Å². The zero-order chi connectivity index (χ0) is 19.7. The van der Waals surface area contributed by atoms with Gasteiger partial charge >= 0.3 is 0 Å². The number of carbonyl (C=O) groups is 1. The highest BCUT2D eigenvalue weighted by atomic mass is 32.1. The second kappa shape index (κ2) is 7.83. The smallest absolute Gasteiger partial charge is 0.220 e. The summed E-state index contributed by atoms with van der Waals surface area (Å²) >= 11 is 1.61. The second-order valence-electron chi connectivity index (χ2n) is 7.24. The Labute approximate surface area is 167 Å². The van der Waals surface area contributed by atoms with E-state index in [0.717, 1.165) is 65.2 Å². The summed E-state index contributed by atoms with van der Waals surface area (Å²) in [4.78, 5) is 17.0. The molecule has 0 radical (unpaired) electrons. The normalized spacial score (nSPS) is 16.6. The molecule has 1 N–H and O–H groups in total. The predicted octanol–water partition coefficient (Wildman–Crippen LogP) is 2.77. The predicted molar refractivity (Wildman–Crippen MR) is 105 cm³/mol. The van der Waals surface area contributed by atoms with Crippen molar-refractivity contribution in [1.29, 1.82) is 0 Å². The molecule has 4 heterocycles. The third-order valence-corrected chi connectivity index (χ3v) is 6.01. The molecular formula is C19H24N6O2S. The fourth-order valence-corrected chi connectivity index (χ4v) is 4.28. The van der Waals surface area contributed by atoms with Crippen LogP contribution in [0.2, 0.25) is 0 Å². The van der Waals surface area contributed by atoms with Crippen molar-refractivity contribution in [3.8, 4) is 11.5 Å². The maximum Gasteiger partial charge on any atom is 0.220 e. The molecule has 1 aliphatic heterocycles.